The van der Waals surface area contributed by atoms with Crippen LogP contribution in [0.3, 0.4) is 0 Å². The molecule has 0 aliphatic carbocycles. The summed E-state index contributed by atoms with van der Waals surface area (Å²) in [5, 5.41) is 3.51. The number of benzene rings is 1. The molecule has 0 aromatic heterocycles. The standard InChI is InChI=1S/C13H17NO/c15-10-11-6-3-4-7-12(11)13-8-2-1-5-9-14-13/h3-4,6-7,10,13-14H,1-2,5,8-9H2. The van der Waals surface area contributed by atoms with Crippen LogP contribution in [0.5, 0.6) is 0 Å². The zero-order valence-electron chi connectivity index (χ0n) is 8.91. The summed E-state index contributed by atoms with van der Waals surface area (Å²) in [5.41, 5.74) is 1.99. The molecule has 1 aromatic carbocycles. The Balaban J connectivity index is 2.22. The van der Waals surface area contributed by atoms with Gasteiger partial charge in [-0.05, 0) is 24.9 Å². The second kappa shape index (κ2) is 5.08. The van der Waals surface area contributed by atoms with Crippen molar-refractivity contribution in [3.63, 3.8) is 0 Å². The Kier molecular flexibility index (Phi) is 3.51. The number of carbonyl (C=O) groups is 1. The molecule has 0 amide bonds. The minimum Gasteiger partial charge on any atom is -0.310 e. The maximum atomic E-state index is 10.9. The van der Waals surface area contributed by atoms with E-state index in [1.54, 1.807) is 0 Å². The Hall–Kier alpha value is -1.15. The van der Waals surface area contributed by atoms with Gasteiger partial charge in [0, 0.05) is 11.6 Å². The zero-order chi connectivity index (χ0) is 10.5. The average Bonchev–Trinajstić information content (AvgIpc) is 2.57. The van der Waals surface area contributed by atoms with E-state index in [9.17, 15) is 4.79 Å². The lowest BCUT2D eigenvalue weighted by molar-refractivity contribution is 0.112. The molecular weight excluding hydrogens is 186 g/mol. The highest BCUT2D eigenvalue weighted by Crippen LogP contribution is 2.24. The lowest BCUT2D eigenvalue weighted by atomic mass is 9.97. The predicted molar refractivity (Wildman–Crippen MR) is 61.0 cm³/mol. The first kappa shape index (κ1) is 10.4. The molecule has 0 radical (unpaired) electrons. The van der Waals surface area contributed by atoms with Gasteiger partial charge in [0.25, 0.3) is 0 Å². The molecule has 1 saturated heterocycles. The third kappa shape index (κ3) is 2.45. The highest BCUT2D eigenvalue weighted by atomic mass is 16.1. The van der Waals surface area contributed by atoms with Gasteiger partial charge in [0.15, 0.2) is 0 Å². The van der Waals surface area contributed by atoms with Crippen molar-refractivity contribution in [2.45, 2.75) is 31.7 Å². The minimum absolute atomic E-state index is 0.369. The summed E-state index contributed by atoms with van der Waals surface area (Å²) in [7, 11) is 0. The van der Waals surface area contributed by atoms with Gasteiger partial charge in [-0.2, -0.15) is 0 Å². The first-order valence-corrected chi connectivity index (χ1v) is 5.69. The summed E-state index contributed by atoms with van der Waals surface area (Å²) in [6, 6.07) is 8.26. The third-order valence-corrected chi connectivity index (χ3v) is 3.06. The summed E-state index contributed by atoms with van der Waals surface area (Å²) >= 11 is 0. The smallest absolute Gasteiger partial charge is 0.150 e. The first-order chi connectivity index (χ1) is 7.42. The number of aldehydes is 1. The van der Waals surface area contributed by atoms with Crippen LogP contribution in [-0.4, -0.2) is 12.8 Å². The summed E-state index contributed by atoms with van der Waals surface area (Å²) in [4.78, 5) is 10.9. The number of hydrogen-bond acceptors (Lipinski definition) is 2. The first-order valence-electron chi connectivity index (χ1n) is 5.69. The highest BCUT2D eigenvalue weighted by Gasteiger charge is 2.15. The van der Waals surface area contributed by atoms with Crippen molar-refractivity contribution in [2.24, 2.45) is 0 Å². The molecule has 1 unspecified atom stereocenters. The molecule has 1 aromatic rings. The van der Waals surface area contributed by atoms with Crippen molar-refractivity contribution in [2.75, 3.05) is 6.54 Å². The molecular formula is C13H17NO. The maximum Gasteiger partial charge on any atom is 0.150 e. The van der Waals surface area contributed by atoms with E-state index < -0.39 is 0 Å². The molecule has 0 bridgehead atoms. The molecule has 15 heavy (non-hydrogen) atoms. The van der Waals surface area contributed by atoms with Crippen LogP contribution in [0, 0.1) is 0 Å². The zero-order valence-corrected chi connectivity index (χ0v) is 8.91. The summed E-state index contributed by atoms with van der Waals surface area (Å²) in [6.07, 6.45) is 5.91. The molecule has 2 heteroatoms. The summed E-state index contributed by atoms with van der Waals surface area (Å²) in [6.45, 7) is 1.07. The largest absolute Gasteiger partial charge is 0.310 e. The summed E-state index contributed by atoms with van der Waals surface area (Å²) < 4.78 is 0. The number of carbonyl (C=O) groups excluding carboxylic acids is 1. The van der Waals surface area contributed by atoms with Gasteiger partial charge in [-0.1, -0.05) is 37.1 Å². The minimum atomic E-state index is 0.369. The van der Waals surface area contributed by atoms with Crippen molar-refractivity contribution in [1.29, 1.82) is 0 Å². The Morgan fingerprint density at radius 1 is 1.20 bits per heavy atom. The third-order valence-electron chi connectivity index (χ3n) is 3.06. The fraction of sp³-hybridized carbons (Fsp3) is 0.462. The molecule has 1 fully saturated rings. The molecule has 1 aliphatic heterocycles. The normalized spacial score (nSPS) is 22.0. The molecule has 1 heterocycles. The molecule has 1 N–H and O–H groups in total. The van der Waals surface area contributed by atoms with Crippen molar-refractivity contribution in [3.8, 4) is 0 Å². The molecule has 80 valence electrons. The Labute approximate surface area is 90.7 Å². The van der Waals surface area contributed by atoms with Gasteiger partial charge in [-0.25, -0.2) is 0 Å². The lowest BCUT2D eigenvalue weighted by Crippen LogP contribution is -2.21. The van der Waals surface area contributed by atoms with Gasteiger partial charge in [0.05, 0.1) is 0 Å². The monoisotopic (exact) mass is 203 g/mol. The summed E-state index contributed by atoms with van der Waals surface area (Å²) in [5.74, 6) is 0. The van der Waals surface area contributed by atoms with E-state index in [4.69, 9.17) is 0 Å². The van der Waals surface area contributed by atoms with Crippen LogP contribution in [0.1, 0.15) is 47.6 Å². The quantitative estimate of drug-likeness (QED) is 0.749. The lowest BCUT2D eigenvalue weighted by Gasteiger charge is -2.17. The van der Waals surface area contributed by atoms with Gasteiger partial charge in [-0.15, -0.1) is 0 Å². The van der Waals surface area contributed by atoms with Gasteiger partial charge < -0.3 is 5.32 Å². The Morgan fingerprint density at radius 2 is 2.07 bits per heavy atom. The van der Waals surface area contributed by atoms with Crippen molar-refractivity contribution in [3.05, 3.63) is 35.4 Å². The van der Waals surface area contributed by atoms with Crippen LogP contribution in [0.4, 0.5) is 0 Å². The van der Waals surface area contributed by atoms with E-state index in [2.05, 4.69) is 11.4 Å². The SMILES string of the molecule is O=Cc1ccccc1C1CCCCCN1. The van der Waals surface area contributed by atoms with Crippen LogP contribution in [0.15, 0.2) is 24.3 Å². The van der Waals surface area contributed by atoms with E-state index in [-0.39, 0.29) is 0 Å². The number of hydrogen-bond donors (Lipinski definition) is 1. The van der Waals surface area contributed by atoms with Gasteiger partial charge in [0.1, 0.15) is 6.29 Å². The Morgan fingerprint density at radius 3 is 2.93 bits per heavy atom. The van der Waals surface area contributed by atoms with Crippen LogP contribution < -0.4 is 5.32 Å². The number of rotatable bonds is 2. The fourth-order valence-electron chi connectivity index (χ4n) is 2.23. The van der Waals surface area contributed by atoms with Crippen molar-refractivity contribution < 1.29 is 4.79 Å². The van der Waals surface area contributed by atoms with E-state index in [1.165, 1.54) is 19.3 Å². The molecule has 0 spiro atoms. The fourth-order valence-corrected chi connectivity index (χ4v) is 2.23. The molecule has 2 rings (SSSR count). The Bertz CT molecular complexity index is 327. The maximum absolute atomic E-state index is 10.9. The second-order valence-corrected chi connectivity index (χ2v) is 4.10. The van der Waals surface area contributed by atoms with Crippen LogP contribution in [0.2, 0.25) is 0 Å². The molecule has 1 aliphatic rings. The van der Waals surface area contributed by atoms with Crippen LogP contribution >= 0.6 is 0 Å². The molecule has 0 saturated carbocycles. The second-order valence-electron chi connectivity index (χ2n) is 4.10. The predicted octanol–water partition coefficient (Wildman–Crippen LogP) is 2.70. The topological polar surface area (TPSA) is 29.1 Å². The van der Waals surface area contributed by atoms with E-state index >= 15 is 0 Å². The van der Waals surface area contributed by atoms with E-state index in [0.717, 1.165) is 30.4 Å². The van der Waals surface area contributed by atoms with Gasteiger partial charge >= 0.3 is 0 Å². The van der Waals surface area contributed by atoms with Gasteiger partial charge in [-0.3, -0.25) is 4.79 Å². The van der Waals surface area contributed by atoms with E-state index in [1.807, 2.05) is 18.2 Å². The van der Waals surface area contributed by atoms with E-state index in [0.29, 0.717) is 6.04 Å². The highest BCUT2D eigenvalue weighted by molar-refractivity contribution is 5.77. The average molecular weight is 203 g/mol. The molecule has 2 nitrogen and oxygen atoms in total. The molecule has 1 atom stereocenters. The van der Waals surface area contributed by atoms with Gasteiger partial charge in [0.2, 0.25) is 0 Å². The van der Waals surface area contributed by atoms with Crippen molar-refractivity contribution in [1.82, 2.24) is 5.32 Å². The number of nitrogens with one attached hydrogen (secondary N) is 1. The van der Waals surface area contributed by atoms with Crippen molar-refractivity contribution >= 4 is 6.29 Å². The van der Waals surface area contributed by atoms with Crippen LogP contribution in [0.25, 0.3) is 0 Å². The van der Waals surface area contributed by atoms with Crippen LogP contribution in [-0.2, 0) is 0 Å².